The fourth-order valence-electron chi connectivity index (χ4n) is 4.68. The molecular weight excluding hydrogens is 552 g/mol. The number of pyridine rings is 1. The topological polar surface area (TPSA) is 123 Å². The van der Waals surface area contributed by atoms with Gasteiger partial charge in [-0.05, 0) is 54.7 Å². The molecule has 2 atom stereocenters. The molecule has 12 heteroatoms. The first-order valence-electron chi connectivity index (χ1n) is 12.1. The first kappa shape index (κ1) is 27.2. The monoisotopic (exact) mass is 578 g/mol. The number of methoxy groups -OCH3 is 2. The van der Waals surface area contributed by atoms with Gasteiger partial charge in [-0.25, -0.2) is 13.2 Å². The third-order valence-corrected chi connectivity index (χ3v) is 7.28. The number of aromatic nitrogens is 1. The van der Waals surface area contributed by atoms with E-state index in [0.717, 1.165) is 11.9 Å². The second-order valence-electron chi connectivity index (χ2n) is 8.99. The average Bonchev–Trinajstić information content (AvgIpc) is 3.57. The van der Waals surface area contributed by atoms with Gasteiger partial charge >= 0.3 is 5.97 Å². The van der Waals surface area contributed by atoms with Crippen molar-refractivity contribution >= 4 is 44.7 Å². The third-order valence-electron chi connectivity index (χ3n) is 6.37. The largest absolute Gasteiger partial charge is 0.494 e. The number of esters is 1. The molecule has 0 radical (unpaired) electrons. The lowest BCUT2D eigenvalue weighted by Gasteiger charge is -2.27. The van der Waals surface area contributed by atoms with Crippen LogP contribution in [-0.2, 0) is 14.8 Å². The summed E-state index contributed by atoms with van der Waals surface area (Å²) in [6, 6.07) is 20.5. The first-order chi connectivity index (χ1) is 19.2. The number of thiocarbonyl (C=S) groups is 1. The predicted octanol–water partition coefficient (Wildman–Crippen LogP) is 4.69. The SMILES string of the molecule is COC(=O)c1ccccc1-c1ccc([C@@H]2[C@H](c3ccccn3)NC(=S)N2c2ccc(NS(C)(=O)=O)c(OC)c2)o1. The maximum absolute atomic E-state index is 12.4. The Morgan fingerprint density at radius 2 is 1.85 bits per heavy atom. The molecule has 1 aliphatic rings. The van der Waals surface area contributed by atoms with E-state index in [0.29, 0.717) is 44.9 Å². The highest BCUT2D eigenvalue weighted by atomic mass is 32.2. The summed E-state index contributed by atoms with van der Waals surface area (Å²) in [4.78, 5) is 18.8. The Morgan fingerprint density at radius 3 is 2.55 bits per heavy atom. The van der Waals surface area contributed by atoms with Crippen LogP contribution >= 0.6 is 12.2 Å². The van der Waals surface area contributed by atoms with Gasteiger partial charge < -0.3 is 24.1 Å². The summed E-state index contributed by atoms with van der Waals surface area (Å²) >= 11 is 5.78. The number of sulfonamides is 1. The number of benzene rings is 2. The van der Waals surface area contributed by atoms with E-state index in [1.165, 1.54) is 14.2 Å². The van der Waals surface area contributed by atoms with Crippen molar-refractivity contribution in [3.05, 3.63) is 96.0 Å². The van der Waals surface area contributed by atoms with E-state index in [4.69, 9.17) is 26.1 Å². The van der Waals surface area contributed by atoms with E-state index in [1.807, 2.05) is 35.2 Å². The Kier molecular flexibility index (Phi) is 7.46. The summed E-state index contributed by atoms with van der Waals surface area (Å²) in [7, 11) is -0.735. The minimum Gasteiger partial charge on any atom is -0.494 e. The molecule has 0 saturated carbocycles. The lowest BCUT2D eigenvalue weighted by molar-refractivity contribution is 0.0601. The summed E-state index contributed by atoms with van der Waals surface area (Å²) in [5.41, 5.74) is 2.65. The molecule has 2 N–H and O–H groups in total. The number of nitrogens with one attached hydrogen (secondary N) is 2. The zero-order valence-corrected chi connectivity index (χ0v) is 23.5. The van der Waals surface area contributed by atoms with Crippen LogP contribution in [0.4, 0.5) is 11.4 Å². The fourth-order valence-corrected chi connectivity index (χ4v) is 5.59. The Morgan fingerprint density at radius 1 is 1.07 bits per heavy atom. The van der Waals surface area contributed by atoms with Crippen LogP contribution in [0.2, 0.25) is 0 Å². The highest BCUT2D eigenvalue weighted by molar-refractivity contribution is 7.92. The third kappa shape index (κ3) is 5.36. The van der Waals surface area contributed by atoms with Gasteiger partial charge in [0.25, 0.3) is 0 Å². The standard InChI is InChI=1S/C28H26N4O6S2/c1-36-24-16-17(11-12-20(24)31-40(3,34)35)32-26(25(30-28(32)39)21-10-6-7-15-29-21)23-14-13-22(38-23)18-8-4-5-9-19(18)27(33)37-2/h4-16,25-26,31H,1-3H3,(H,30,39)/t25-,26+/m0/s1. The van der Waals surface area contributed by atoms with E-state index in [9.17, 15) is 13.2 Å². The Balaban J connectivity index is 1.61. The molecular formula is C28H26N4O6S2. The number of carbonyl (C=O) groups is 1. The number of rotatable bonds is 8. The van der Waals surface area contributed by atoms with Crippen molar-refractivity contribution < 1.29 is 27.1 Å². The zero-order chi connectivity index (χ0) is 28.4. The van der Waals surface area contributed by atoms with Crippen molar-refractivity contribution in [2.75, 3.05) is 30.1 Å². The molecule has 0 unspecified atom stereocenters. The van der Waals surface area contributed by atoms with Crippen LogP contribution in [0.5, 0.6) is 5.75 Å². The van der Waals surface area contributed by atoms with Crippen LogP contribution < -0.4 is 19.7 Å². The molecule has 0 aliphatic carbocycles. The summed E-state index contributed by atoms with van der Waals surface area (Å²) in [6.07, 6.45) is 2.77. The Bertz CT molecular complexity index is 1670. The van der Waals surface area contributed by atoms with Gasteiger partial charge in [-0.1, -0.05) is 24.3 Å². The molecule has 2 aromatic heterocycles. The van der Waals surface area contributed by atoms with Crippen molar-refractivity contribution in [3.63, 3.8) is 0 Å². The van der Waals surface area contributed by atoms with Crippen molar-refractivity contribution in [1.29, 1.82) is 0 Å². The van der Waals surface area contributed by atoms with Crippen LogP contribution in [-0.4, -0.2) is 45.0 Å². The molecule has 0 spiro atoms. The molecule has 0 amide bonds. The Labute approximate surface area is 237 Å². The number of anilines is 2. The maximum Gasteiger partial charge on any atom is 0.338 e. The minimum atomic E-state index is -3.52. The van der Waals surface area contributed by atoms with Crippen molar-refractivity contribution in [3.8, 4) is 17.1 Å². The van der Waals surface area contributed by atoms with E-state index in [-0.39, 0.29) is 6.04 Å². The van der Waals surface area contributed by atoms with E-state index in [2.05, 4.69) is 15.0 Å². The highest BCUT2D eigenvalue weighted by Gasteiger charge is 2.43. The van der Waals surface area contributed by atoms with Crippen molar-refractivity contribution in [2.24, 2.45) is 0 Å². The summed E-state index contributed by atoms with van der Waals surface area (Å²) in [5, 5.41) is 3.77. The van der Waals surface area contributed by atoms with Crippen LogP contribution in [0.15, 0.2) is 83.4 Å². The minimum absolute atomic E-state index is 0.296. The maximum atomic E-state index is 12.4. The van der Waals surface area contributed by atoms with E-state index >= 15 is 0 Å². The summed E-state index contributed by atoms with van der Waals surface area (Å²) < 4.78 is 43.0. The van der Waals surface area contributed by atoms with Crippen molar-refractivity contribution in [2.45, 2.75) is 12.1 Å². The smallest absolute Gasteiger partial charge is 0.338 e. The van der Waals surface area contributed by atoms with Gasteiger partial charge in [0.1, 0.15) is 23.3 Å². The number of hydrogen-bond acceptors (Lipinski definition) is 8. The fraction of sp³-hybridized carbons (Fsp3) is 0.179. The number of furan rings is 1. The van der Waals surface area contributed by atoms with E-state index < -0.39 is 22.0 Å². The van der Waals surface area contributed by atoms with Gasteiger partial charge in [-0.15, -0.1) is 0 Å². The normalized spacial score (nSPS) is 16.9. The van der Waals surface area contributed by atoms with Crippen LogP contribution in [0.3, 0.4) is 0 Å². The molecule has 3 heterocycles. The quantitative estimate of drug-likeness (QED) is 0.225. The van der Waals surface area contributed by atoms with Crippen molar-refractivity contribution in [1.82, 2.24) is 10.3 Å². The molecule has 206 valence electrons. The first-order valence-corrected chi connectivity index (χ1v) is 14.4. The summed E-state index contributed by atoms with van der Waals surface area (Å²) in [5.74, 6) is 0.895. The predicted molar refractivity (Wildman–Crippen MR) is 155 cm³/mol. The summed E-state index contributed by atoms with van der Waals surface area (Å²) in [6.45, 7) is 0. The van der Waals surface area contributed by atoms with Gasteiger partial charge in [0.2, 0.25) is 10.0 Å². The number of ether oxygens (including phenoxy) is 2. The zero-order valence-electron chi connectivity index (χ0n) is 21.8. The molecule has 40 heavy (non-hydrogen) atoms. The Hall–Kier alpha value is -4.42. The molecule has 0 bridgehead atoms. The van der Waals surface area contributed by atoms with E-state index in [1.54, 1.807) is 48.7 Å². The second-order valence-corrected chi connectivity index (χ2v) is 11.1. The van der Waals surface area contributed by atoms with Gasteiger partial charge in [0.05, 0.1) is 43.5 Å². The molecule has 1 saturated heterocycles. The van der Waals surface area contributed by atoms with Crippen LogP contribution in [0.1, 0.15) is 33.9 Å². The van der Waals surface area contributed by atoms with Crippen LogP contribution in [0.25, 0.3) is 11.3 Å². The number of nitrogens with zero attached hydrogens (tertiary/aromatic N) is 2. The van der Waals surface area contributed by atoms with Gasteiger partial charge in [0.15, 0.2) is 5.11 Å². The van der Waals surface area contributed by atoms with Gasteiger partial charge in [-0.3, -0.25) is 9.71 Å². The van der Waals surface area contributed by atoms with Crippen LogP contribution in [0, 0.1) is 0 Å². The molecule has 2 aromatic carbocycles. The van der Waals surface area contributed by atoms with Gasteiger partial charge in [-0.2, -0.15) is 0 Å². The molecule has 10 nitrogen and oxygen atoms in total. The highest BCUT2D eigenvalue weighted by Crippen LogP contribution is 2.44. The van der Waals surface area contributed by atoms with Gasteiger partial charge in [0, 0.05) is 23.5 Å². The molecule has 5 rings (SSSR count). The number of carbonyl (C=O) groups excluding carboxylic acids is 1. The number of hydrogen-bond donors (Lipinski definition) is 2. The molecule has 4 aromatic rings. The molecule has 1 fully saturated rings. The lowest BCUT2D eigenvalue weighted by atomic mass is 10.0. The lowest BCUT2D eigenvalue weighted by Crippen LogP contribution is -2.29. The second kappa shape index (κ2) is 11.0. The average molecular weight is 579 g/mol. The molecule has 1 aliphatic heterocycles.